The van der Waals surface area contributed by atoms with E-state index in [-0.39, 0.29) is 11.6 Å². The third-order valence-electron chi connectivity index (χ3n) is 4.54. The number of benzene rings is 1. The maximum atomic E-state index is 6.38. The van der Waals surface area contributed by atoms with Crippen LogP contribution in [-0.4, -0.2) is 5.60 Å². The Morgan fingerprint density at radius 2 is 2.06 bits per heavy atom. The van der Waals surface area contributed by atoms with Crippen LogP contribution >= 0.6 is 0 Å². The number of hydrogen-bond donors (Lipinski definition) is 1. The van der Waals surface area contributed by atoms with Crippen LogP contribution in [0.1, 0.15) is 56.7 Å². The van der Waals surface area contributed by atoms with Crippen molar-refractivity contribution in [2.24, 2.45) is 11.1 Å². The Bertz CT molecular complexity index is 480. The summed E-state index contributed by atoms with van der Waals surface area (Å²) in [5.74, 6) is 1.01. The van der Waals surface area contributed by atoms with Gasteiger partial charge in [0.05, 0.1) is 0 Å². The van der Waals surface area contributed by atoms with Crippen molar-refractivity contribution in [3.8, 4) is 5.75 Å². The van der Waals surface area contributed by atoms with E-state index in [9.17, 15) is 0 Å². The summed E-state index contributed by atoms with van der Waals surface area (Å²) in [4.78, 5) is 0. The molecule has 2 heteroatoms. The molecule has 0 saturated heterocycles. The van der Waals surface area contributed by atoms with Crippen LogP contribution in [0.4, 0.5) is 0 Å². The van der Waals surface area contributed by atoms with E-state index in [1.54, 1.807) is 0 Å². The Hall–Kier alpha value is -1.02. The van der Waals surface area contributed by atoms with Crippen molar-refractivity contribution >= 4 is 0 Å². The zero-order valence-corrected chi connectivity index (χ0v) is 11.6. The van der Waals surface area contributed by atoms with Gasteiger partial charge in [-0.2, -0.15) is 0 Å². The van der Waals surface area contributed by atoms with Gasteiger partial charge in [0.2, 0.25) is 0 Å². The molecular weight excluding hydrogens is 222 g/mol. The molecule has 1 aliphatic carbocycles. The zero-order chi connectivity index (χ0) is 13.0. The summed E-state index contributed by atoms with van der Waals surface area (Å²) in [6.45, 7) is 6.78. The fraction of sp³-hybridized carbons (Fsp3) is 0.625. The monoisotopic (exact) mass is 245 g/mol. The van der Waals surface area contributed by atoms with Gasteiger partial charge < -0.3 is 10.5 Å². The largest absolute Gasteiger partial charge is 0.487 e. The Morgan fingerprint density at radius 3 is 2.72 bits per heavy atom. The van der Waals surface area contributed by atoms with Crippen molar-refractivity contribution in [3.05, 3.63) is 29.3 Å². The van der Waals surface area contributed by atoms with E-state index >= 15 is 0 Å². The van der Waals surface area contributed by atoms with E-state index in [1.807, 2.05) is 0 Å². The second-order valence-corrected chi connectivity index (χ2v) is 6.98. The third kappa shape index (κ3) is 1.93. The van der Waals surface area contributed by atoms with Crippen LogP contribution in [0, 0.1) is 12.3 Å². The van der Waals surface area contributed by atoms with Gasteiger partial charge in [-0.3, -0.25) is 0 Å². The molecule has 1 heterocycles. The van der Waals surface area contributed by atoms with Crippen molar-refractivity contribution in [1.82, 2.24) is 0 Å². The molecule has 2 N–H and O–H groups in total. The summed E-state index contributed by atoms with van der Waals surface area (Å²) >= 11 is 0. The van der Waals surface area contributed by atoms with Crippen LogP contribution < -0.4 is 10.5 Å². The lowest BCUT2D eigenvalue weighted by molar-refractivity contribution is 0.0331. The van der Waals surface area contributed by atoms with Crippen LogP contribution in [0.2, 0.25) is 0 Å². The van der Waals surface area contributed by atoms with Gasteiger partial charge in [-0.1, -0.05) is 31.5 Å². The van der Waals surface area contributed by atoms with E-state index in [1.165, 1.54) is 17.5 Å². The highest BCUT2D eigenvalue weighted by molar-refractivity contribution is 5.41. The van der Waals surface area contributed by atoms with Crippen molar-refractivity contribution in [2.75, 3.05) is 0 Å². The zero-order valence-electron chi connectivity index (χ0n) is 11.6. The van der Waals surface area contributed by atoms with E-state index in [0.29, 0.717) is 5.41 Å². The molecule has 1 saturated carbocycles. The fourth-order valence-corrected chi connectivity index (χ4v) is 3.71. The second-order valence-electron chi connectivity index (χ2n) is 6.98. The molecule has 2 nitrogen and oxygen atoms in total. The Morgan fingerprint density at radius 1 is 1.28 bits per heavy atom. The lowest BCUT2D eigenvalue weighted by Crippen LogP contribution is -2.41. The van der Waals surface area contributed by atoms with E-state index in [2.05, 4.69) is 39.0 Å². The molecule has 1 aliphatic heterocycles. The number of nitrogens with two attached hydrogens (primary N) is 1. The number of fused-ring (bicyclic) bond motifs is 1. The molecule has 1 fully saturated rings. The molecule has 0 bridgehead atoms. The fourth-order valence-electron chi connectivity index (χ4n) is 3.71. The van der Waals surface area contributed by atoms with Crippen molar-refractivity contribution in [1.29, 1.82) is 0 Å². The topological polar surface area (TPSA) is 35.2 Å². The molecule has 3 rings (SSSR count). The van der Waals surface area contributed by atoms with Crippen LogP contribution in [0.5, 0.6) is 5.75 Å². The van der Waals surface area contributed by atoms with Gasteiger partial charge >= 0.3 is 0 Å². The van der Waals surface area contributed by atoms with Gasteiger partial charge in [0.25, 0.3) is 0 Å². The first-order chi connectivity index (χ1) is 8.39. The molecule has 0 amide bonds. The molecule has 2 unspecified atom stereocenters. The number of rotatable bonds is 0. The van der Waals surface area contributed by atoms with E-state index in [4.69, 9.17) is 10.5 Å². The molecular formula is C16H23NO. The van der Waals surface area contributed by atoms with Gasteiger partial charge in [0, 0.05) is 18.0 Å². The summed E-state index contributed by atoms with van der Waals surface area (Å²) in [5.41, 5.74) is 9.21. The number of hydrogen-bond acceptors (Lipinski definition) is 2. The summed E-state index contributed by atoms with van der Waals surface area (Å²) < 4.78 is 6.36. The van der Waals surface area contributed by atoms with Gasteiger partial charge in [0.15, 0.2) is 0 Å². The predicted molar refractivity (Wildman–Crippen MR) is 73.7 cm³/mol. The van der Waals surface area contributed by atoms with Gasteiger partial charge in [0.1, 0.15) is 11.4 Å². The smallest absolute Gasteiger partial charge is 0.124 e. The van der Waals surface area contributed by atoms with Crippen LogP contribution in [0.3, 0.4) is 0 Å². The Balaban J connectivity index is 1.95. The molecule has 98 valence electrons. The SMILES string of the molecule is Cc1ccc2c(c1)C(N)CC1(CCC(C)(C)C1)O2. The average molecular weight is 245 g/mol. The summed E-state index contributed by atoms with van der Waals surface area (Å²) in [6, 6.07) is 6.51. The molecule has 2 atom stereocenters. The standard InChI is InChI=1S/C16H23NO/c1-11-4-5-14-12(8-11)13(17)9-16(18-14)7-6-15(2,3)10-16/h4-5,8,13H,6-7,9-10,17H2,1-3H3. The molecule has 1 aromatic rings. The quantitative estimate of drug-likeness (QED) is 0.756. The minimum Gasteiger partial charge on any atom is -0.487 e. The molecule has 0 aromatic heterocycles. The number of ether oxygens (including phenoxy) is 1. The average Bonchev–Trinajstić information content (AvgIpc) is 2.56. The van der Waals surface area contributed by atoms with Crippen LogP contribution in [-0.2, 0) is 0 Å². The predicted octanol–water partition coefficient (Wildman–Crippen LogP) is 3.73. The van der Waals surface area contributed by atoms with E-state index in [0.717, 1.165) is 25.0 Å². The maximum absolute atomic E-state index is 6.38. The highest BCUT2D eigenvalue weighted by Gasteiger charge is 2.48. The molecule has 2 aliphatic rings. The Kier molecular flexibility index (Phi) is 2.50. The first kappa shape index (κ1) is 12.0. The minimum absolute atomic E-state index is 0.00876. The van der Waals surface area contributed by atoms with Crippen molar-refractivity contribution < 1.29 is 4.74 Å². The molecule has 0 radical (unpaired) electrons. The maximum Gasteiger partial charge on any atom is 0.124 e. The van der Waals surface area contributed by atoms with E-state index < -0.39 is 0 Å². The highest BCUT2D eigenvalue weighted by Crippen LogP contribution is 2.52. The second kappa shape index (κ2) is 3.74. The lowest BCUT2D eigenvalue weighted by Gasteiger charge is -2.39. The summed E-state index contributed by atoms with van der Waals surface area (Å²) in [7, 11) is 0. The van der Waals surface area contributed by atoms with Crippen LogP contribution in [0.15, 0.2) is 18.2 Å². The third-order valence-corrected chi connectivity index (χ3v) is 4.54. The first-order valence-electron chi connectivity index (χ1n) is 6.94. The summed E-state index contributed by atoms with van der Waals surface area (Å²) in [6.07, 6.45) is 4.47. The van der Waals surface area contributed by atoms with Gasteiger partial charge in [-0.25, -0.2) is 0 Å². The molecule has 1 aromatic carbocycles. The summed E-state index contributed by atoms with van der Waals surface area (Å²) in [5, 5.41) is 0. The van der Waals surface area contributed by atoms with Crippen LogP contribution in [0.25, 0.3) is 0 Å². The number of aryl methyl sites for hydroxylation is 1. The molecule has 18 heavy (non-hydrogen) atoms. The normalized spacial score (nSPS) is 33.2. The minimum atomic E-state index is -0.00876. The Labute approximate surface area is 110 Å². The van der Waals surface area contributed by atoms with Crippen molar-refractivity contribution in [2.45, 2.75) is 58.1 Å². The highest BCUT2D eigenvalue weighted by atomic mass is 16.5. The van der Waals surface area contributed by atoms with Crippen molar-refractivity contribution in [3.63, 3.8) is 0 Å². The van der Waals surface area contributed by atoms with Gasteiger partial charge in [-0.05, 0) is 37.7 Å². The van der Waals surface area contributed by atoms with Gasteiger partial charge in [-0.15, -0.1) is 0 Å². The lowest BCUT2D eigenvalue weighted by atomic mass is 9.82. The first-order valence-corrected chi connectivity index (χ1v) is 6.94. The molecule has 1 spiro atoms.